The van der Waals surface area contributed by atoms with Gasteiger partial charge in [-0.05, 0) is 69.9 Å². The minimum absolute atomic E-state index is 0.344. The van der Waals surface area contributed by atoms with Gasteiger partial charge in [-0.25, -0.2) is 4.98 Å². The summed E-state index contributed by atoms with van der Waals surface area (Å²) < 4.78 is 18.3. The second-order valence-corrected chi connectivity index (χ2v) is 9.51. The van der Waals surface area contributed by atoms with Crippen molar-refractivity contribution in [1.82, 2.24) is 4.98 Å². The van der Waals surface area contributed by atoms with Crippen LogP contribution in [0.5, 0.6) is 11.5 Å². The van der Waals surface area contributed by atoms with E-state index in [9.17, 15) is 4.79 Å². The molecular formula is C25H22Br2N2O4. The van der Waals surface area contributed by atoms with Gasteiger partial charge in [0.25, 0.3) is 5.91 Å². The van der Waals surface area contributed by atoms with E-state index in [1.165, 1.54) is 12.7 Å². The summed E-state index contributed by atoms with van der Waals surface area (Å²) in [5.74, 6) is 1.46. The van der Waals surface area contributed by atoms with Crippen LogP contribution in [0.25, 0.3) is 22.6 Å². The van der Waals surface area contributed by atoms with Crippen LogP contribution in [0.15, 0.2) is 61.9 Å². The number of oxazole rings is 1. The largest absolute Gasteiger partial charge is 0.495 e. The van der Waals surface area contributed by atoms with E-state index in [1.54, 1.807) is 25.3 Å². The molecule has 0 unspecified atom stereocenters. The number of halogens is 2. The molecule has 1 N–H and O–H groups in total. The lowest BCUT2D eigenvalue weighted by Crippen LogP contribution is -2.14. The number of amides is 1. The fourth-order valence-electron chi connectivity index (χ4n) is 3.49. The summed E-state index contributed by atoms with van der Waals surface area (Å²) >= 11 is 6.85. The van der Waals surface area contributed by atoms with Gasteiger partial charge in [-0.3, -0.25) is 4.79 Å². The lowest BCUT2D eigenvalue weighted by molar-refractivity contribution is 0.102. The summed E-state index contributed by atoms with van der Waals surface area (Å²) in [5.41, 5.74) is 4.27. The van der Waals surface area contributed by atoms with Gasteiger partial charge in [0.1, 0.15) is 17.0 Å². The van der Waals surface area contributed by atoms with Crippen LogP contribution in [0.4, 0.5) is 5.69 Å². The number of carbonyl (C=O) groups excluding carboxylic acids is 1. The number of nitrogens with one attached hydrogen (secondary N) is 1. The highest BCUT2D eigenvalue weighted by Crippen LogP contribution is 2.36. The van der Waals surface area contributed by atoms with Crippen LogP contribution < -0.4 is 14.8 Å². The molecule has 0 fully saturated rings. The van der Waals surface area contributed by atoms with E-state index in [0.29, 0.717) is 44.6 Å². The topological polar surface area (TPSA) is 73.6 Å². The number of hydrogen-bond donors (Lipinski definition) is 1. The van der Waals surface area contributed by atoms with E-state index in [1.807, 2.05) is 30.3 Å². The van der Waals surface area contributed by atoms with Crippen LogP contribution >= 0.6 is 31.9 Å². The zero-order chi connectivity index (χ0) is 23.7. The highest BCUT2D eigenvalue weighted by molar-refractivity contribution is 9.11. The molecule has 4 aromatic rings. The van der Waals surface area contributed by atoms with E-state index in [0.717, 1.165) is 15.6 Å². The Kier molecular flexibility index (Phi) is 6.76. The van der Waals surface area contributed by atoms with E-state index in [-0.39, 0.29) is 5.91 Å². The summed E-state index contributed by atoms with van der Waals surface area (Å²) in [5, 5.41) is 2.92. The Labute approximate surface area is 208 Å². The van der Waals surface area contributed by atoms with Crippen LogP contribution in [0.1, 0.15) is 35.7 Å². The third-order valence-corrected chi connectivity index (χ3v) is 6.28. The molecule has 0 radical (unpaired) electrons. The predicted octanol–water partition coefficient (Wildman–Crippen LogP) is 7.41. The average molecular weight is 574 g/mol. The number of rotatable bonds is 6. The second-order valence-electron chi connectivity index (χ2n) is 7.74. The Bertz CT molecular complexity index is 1350. The van der Waals surface area contributed by atoms with Gasteiger partial charge in [0.2, 0.25) is 5.89 Å². The molecule has 1 amide bonds. The Morgan fingerprint density at radius 3 is 2.52 bits per heavy atom. The van der Waals surface area contributed by atoms with Crippen LogP contribution in [-0.2, 0) is 0 Å². The van der Waals surface area contributed by atoms with Gasteiger partial charge in [-0.1, -0.05) is 35.8 Å². The maximum atomic E-state index is 13.1. The Morgan fingerprint density at radius 1 is 1.03 bits per heavy atom. The summed E-state index contributed by atoms with van der Waals surface area (Å²) in [6, 6.07) is 14.9. The lowest BCUT2D eigenvalue weighted by Gasteiger charge is -2.14. The smallest absolute Gasteiger partial charge is 0.259 e. The Balaban J connectivity index is 1.71. The molecule has 4 rings (SSSR count). The molecular weight excluding hydrogens is 552 g/mol. The maximum Gasteiger partial charge on any atom is 0.259 e. The number of nitrogens with zero attached hydrogens (tertiary/aromatic N) is 1. The number of ether oxygens (including phenoxy) is 2. The number of aromatic nitrogens is 1. The van der Waals surface area contributed by atoms with Gasteiger partial charge in [-0.2, -0.15) is 0 Å². The quantitative estimate of drug-likeness (QED) is 0.260. The maximum absolute atomic E-state index is 13.1. The second kappa shape index (κ2) is 9.57. The van der Waals surface area contributed by atoms with Crippen molar-refractivity contribution in [2.75, 3.05) is 19.5 Å². The zero-order valence-electron chi connectivity index (χ0n) is 18.5. The van der Waals surface area contributed by atoms with E-state index in [4.69, 9.17) is 13.9 Å². The van der Waals surface area contributed by atoms with Gasteiger partial charge in [-0.15, -0.1) is 0 Å². The van der Waals surface area contributed by atoms with Gasteiger partial charge in [0.05, 0.1) is 29.9 Å². The highest BCUT2D eigenvalue weighted by Gasteiger charge is 2.19. The number of hydrogen-bond acceptors (Lipinski definition) is 5. The molecule has 0 aliphatic carbocycles. The SMILES string of the molecule is COc1ccc(-c2nc3cc(C(C)C)ccc3o2)cc1NC(=O)c1cc(Br)cc(Br)c1OC. The molecule has 0 spiro atoms. The molecule has 0 aliphatic heterocycles. The van der Waals surface area contributed by atoms with Crippen molar-refractivity contribution in [2.45, 2.75) is 19.8 Å². The summed E-state index contributed by atoms with van der Waals surface area (Å²) in [4.78, 5) is 17.8. The van der Waals surface area contributed by atoms with Crippen molar-refractivity contribution in [3.8, 4) is 23.0 Å². The van der Waals surface area contributed by atoms with Crippen molar-refractivity contribution < 1.29 is 18.7 Å². The monoisotopic (exact) mass is 572 g/mol. The fraction of sp³-hybridized carbons (Fsp3) is 0.200. The average Bonchev–Trinajstić information content (AvgIpc) is 3.22. The third-order valence-electron chi connectivity index (χ3n) is 5.23. The Morgan fingerprint density at radius 2 is 1.82 bits per heavy atom. The molecule has 0 saturated heterocycles. The first-order chi connectivity index (χ1) is 15.8. The number of methoxy groups -OCH3 is 2. The lowest BCUT2D eigenvalue weighted by atomic mass is 10.0. The first kappa shape index (κ1) is 23.3. The predicted molar refractivity (Wildman–Crippen MR) is 136 cm³/mol. The number of fused-ring (bicyclic) bond motifs is 1. The van der Waals surface area contributed by atoms with Crippen molar-refractivity contribution in [3.05, 3.63) is 68.6 Å². The molecule has 6 nitrogen and oxygen atoms in total. The highest BCUT2D eigenvalue weighted by atomic mass is 79.9. The number of benzene rings is 3. The third kappa shape index (κ3) is 4.77. The fourth-order valence-corrected chi connectivity index (χ4v) is 4.88. The standard InChI is InChI=1S/C25H22Br2N2O4/c1-13(2)14-5-8-22-20(9-14)29-25(33-22)15-6-7-21(31-3)19(10-15)28-24(30)17-11-16(26)12-18(27)23(17)32-4/h5-13H,1-4H3,(H,28,30). The van der Waals surface area contributed by atoms with Crippen LogP contribution in [0.3, 0.4) is 0 Å². The number of carbonyl (C=O) groups is 1. The van der Waals surface area contributed by atoms with E-state index in [2.05, 4.69) is 56.0 Å². The van der Waals surface area contributed by atoms with Crippen molar-refractivity contribution in [1.29, 1.82) is 0 Å². The van der Waals surface area contributed by atoms with Gasteiger partial charge in [0, 0.05) is 10.0 Å². The molecule has 3 aromatic carbocycles. The molecule has 0 bridgehead atoms. The molecule has 0 saturated carbocycles. The van der Waals surface area contributed by atoms with Gasteiger partial charge >= 0.3 is 0 Å². The van der Waals surface area contributed by atoms with E-state index >= 15 is 0 Å². The molecule has 0 atom stereocenters. The van der Waals surface area contributed by atoms with Crippen LogP contribution in [0.2, 0.25) is 0 Å². The molecule has 0 aliphatic rings. The molecule has 170 valence electrons. The number of anilines is 1. The normalized spacial score (nSPS) is 11.1. The van der Waals surface area contributed by atoms with Gasteiger partial charge < -0.3 is 19.2 Å². The first-order valence-electron chi connectivity index (χ1n) is 10.2. The minimum Gasteiger partial charge on any atom is -0.495 e. The molecule has 1 aromatic heterocycles. The molecule has 8 heteroatoms. The molecule has 33 heavy (non-hydrogen) atoms. The molecule has 1 heterocycles. The van der Waals surface area contributed by atoms with Crippen LogP contribution in [0, 0.1) is 0 Å². The van der Waals surface area contributed by atoms with Crippen molar-refractivity contribution in [2.24, 2.45) is 0 Å². The minimum atomic E-state index is -0.344. The van der Waals surface area contributed by atoms with Gasteiger partial charge in [0.15, 0.2) is 5.58 Å². The van der Waals surface area contributed by atoms with Crippen LogP contribution in [-0.4, -0.2) is 25.1 Å². The summed E-state index contributed by atoms with van der Waals surface area (Å²) in [6.07, 6.45) is 0. The summed E-state index contributed by atoms with van der Waals surface area (Å²) in [7, 11) is 3.07. The Hall–Kier alpha value is -2.84. The first-order valence-corrected chi connectivity index (χ1v) is 11.8. The van der Waals surface area contributed by atoms with Crippen molar-refractivity contribution in [3.63, 3.8) is 0 Å². The van der Waals surface area contributed by atoms with Crippen molar-refractivity contribution >= 4 is 54.6 Å². The van der Waals surface area contributed by atoms with E-state index < -0.39 is 0 Å². The zero-order valence-corrected chi connectivity index (χ0v) is 21.7. The summed E-state index contributed by atoms with van der Waals surface area (Å²) in [6.45, 7) is 4.28.